The van der Waals surface area contributed by atoms with E-state index in [0.29, 0.717) is 5.69 Å². The smallest absolute Gasteiger partial charge is 0.238 e. The molecule has 1 aromatic carbocycles. The zero-order valence-electron chi connectivity index (χ0n) is 13.0. The molecule has 6 nitrogen and oxygen atoms in total. The van der Waals surface area contributed by atoms with Gasteiger partial charge in [0.15, 0.2) is 0 Å². The Bertz CT molecular complexity index is 609. The molecule has 2 fully saturated rings. The lowest BCUT2D eigenvalue weighted by atomic mass is 10.1. The highest BCUT2D eigenvalue weighted by atomic mass is 16.2. The van der Waals surface area contributed by atoms with Gasteiger partial charge in [-0.25, -0.2) is 0 Å². The number of hydrogen-bond donors (Lipinski definition) is 2. The molecule has 1 saturated carbocycles. The fourth-order valence-corrected chi connectivity index (χ4v) is 2.66. The highest BCUT2D eigenvalue weighted by molar-refractivity contribution is 6.02. The zero-order valence-corrected chi connectivity index (χ0v) is 13.0. The standard InChI is InChI=1S/C17H21N3O3/c21-15(10-18-9-12-5-6-12)19-14-4-2-1-3-13(14)11-20-16(22)7-8-17(20)23/h1-4,12,18H,5-11H2,(H,19,21). The number of carbonyl (C=O) groups is 3. The van der Waals surface area contributed by atoms with Crippen molar-refractivity contribution in [2.45, 2.75) is 32.2 Å². The number of carbonyl (C=O) groups excluding carboxylic acids is 3. The maximum Gasteiger partial charge on any atom is 0.238 e. The van der Waals surface area contributed by atoms with Crippen LogP contribution in [0.2, 0.25) is 0 Å². The third-order valence-electron chi connectivity index (χ3n) is 4.19. The largest absolute Gasteiger partial charge is 0.325 e. The predicted molar refractivity (Wildman–Crippen MR) is 85.5 cm³/mol. The molecule has 1 aliphatic heterocycles. The summed E-state index contributed by atoms with van der Waals surface area (Å²) >= 11 is 0. The van der Waals surface area contributed by atoms with Crippen molar-refractivity contribution in [1.82, 2.24) is 10.2 Å². The van der Waals surface area contributed by atoms with Gasteiger partial charge in [0.25, 0.3) is 0 Å². The molecule has 0 spiro atoms. The van der Waals surface area contributed by atoms with E-state index >= 15 is 0 Å². The Morgan fingerprint density at radius 3 is 2.52 bits per heavy atom. The van der Waals surface area contributed by atoms with Gasteiger partial charge in [-0.3, -0.25) is 19.3 Å². The Labute approximate surface area is 135 Å². The van der Waals surface area contributed by atoms with Crippen molar-refractivity contribution in [1.29, 1.82) is 0 Å². The van der Waals surface area contributed by atoms with Crippen LogP contribution in [0.5, 0.6) is 0 Å². The summed E-state index contributed by atoms with van der Waals surface area (Å²) in [5, 5.41) is 6.00. The van der Waals surface area contributed by atoms with E-state index < -0.39 is 0 Å². The number of imide groups is 1. The number of anilines is 1. The van der Waals surface area contributed by atoms with Gasteiger partial charge in [-0.1, -0.05) is 18.2 Å². The van der Waals surface area contributed by atoms with Gasteiger partial charge < -0.3 is 10.6 Å². The Kier molecular flexibility index (Phi) is 4.71. The summed E-state index contributed by atoms with van der Waals surface area (Å²) < 4.78 is 0. The van der Waals surface area contributed by atoms with Crippen molar-refractivity contribution in [3.8, 4) is 0 Å². The summed E-state index contributed by atoms with van der Waals surface area (Å²) in [6.07, 6.45) is 3.04. The van der Waals surface area contributed by atoms with Crippen LogP contribution in [0.4, 0.5) is 5.69 Å². The molecule has 0 unspecified atom stereocenters. The summed E-state index contributed by atoms with van der Waals surface area (Å²) in [5.74, 6) is 0.309. The highest BCUT2D eigenvalue weighted by Gasteiger charge is 2.29. The first-order valence-corrected chi connectivity index (χ1v) is 8.05. The van der Waals surface area contributed by atoms with Crippen LogP contribution in [-0.2, 0) is 20.9 Å². The van der Waals surface area contributed by atoms with E-state index in [4.69, 9.17) is 0 Å². The second kappa shape index (κ2) is 6.91. The zero-order chi connectivity index (χ0) is 16.2. The minimum Gasteiger partial charge on any atom is -0.325 e. The van der Waals surface area contributed by atoms with Crippen molar-refractivity contribution >= 4 is 23.4 Å². The van der Waals surface area contributed by atoms with Crippen molar-refractivity contribution in [3.63, 3.8) is 0 Å². The second-order valence-corrected chi connectivity index (χ2v) is 6.15. The van der Waals surface area contributed by atoms with E-state index in [1.807, 2.05) is 18.2 Å². The van der Waals surface area contributed by atoms with E-state index in [1.165, 1.54) is 17.7 Å². The first-order valence-electron chi connectivity index (χ1n) is 8.05. The molecular formula is C17H21N3O3. The van der Waals surface area contributed by atoms with E-state index in [2.05, 4.69) is 10.6 Å². The van der Waals surface area contributed by atoms with Gasteiger partial charge in [0.2, 0.25) is 17.7 Å². The summed E-state index contributed by atoms with van der Waals surface area (Å²) in [4.78, 5) is 36.8. The average molecular weight is 315 g/mol. The molecule has 0 radical (unpaired) electrons. The molecule has 0 bridgehead atoms. The van der Waals surface area contributed by atoms with Gasteiger partial charge in [0, 0.05) is 18.5 Å². The minimum atomic E-state index is -0.151. The van der Waals surface area contributed by atoms with Crippen molar-refractivity contribution in [2.24, 2.45) is 5.92 Å². The van der Waals surface area contributed by atoms with Crippen LogP contribution in [0.1, 0.15) is 31.2 Å². The van der Waals surface area contributed by atoms with E-state index in [9.17, 15) is 14.4 Å². The lowest BCUT2D eigenvalue weighted by Gasteiger charge is -2.17. The lowest BCUT2D eigenvalue weighted by Crippen LogP contribution is -2.31. The van der Waals surface area contributed by atoms with Gasteiger partial charge in [-0.05, 0) is 36.9 Å². The minimum absolute atomic E-state index is 0.114. The van der Waals surface area contributed by atoms with Crippen LogP contribution in [0.3, 0.4) is 0 Å². The fourth-order valence-electron chi connectivity index (χ4n) is 2.66. The molecule has 0 atom stereocenters. The summed E-state index contributed by atoms with van der Waals surface area (Å²) in [7, 11) is 0. The quantitative estimate of drug-likeness (QED) is 0.743. The molecular weight excluding hydrogens is 294 g/mol. The summed E-state index contributed by atoms with van der Waals surface area (Å²) in [6.45, 7) is 1.36. The van der Waals surface area contributed by atoms with Gasteiger partial charge in [-0.2, -0.15) is 0 Å². The number of nitrogens with one attached hydrogen (secondary N) is 2. The fraction of sp³-hybridized carbons (Fsp3) is 0.471. The first kappa shape index (κ1) is 15.7. The Balaban J connectivity index is 1.59. The number of hydrogen-bond acceptors (Lipinski definition) is 4. The Morgan fingerprint density at radius 2 is 1.83 bits per heavy atom. The molecule has 1 aliphatic carbocycles. The molecule has 122 valence electrons. The highest BCUT2D eigenvalue weighted by Crippen LogP contribution is 2.27. The molecule has 0 aromatic heterocycles. The van der Waals surface area contributed by atoms with Crippen LogP contribution in [0.25, 0.3) is 0 Å². The number of nitrogens with zero attached hydrogens (tertiary/aromatic N) is 1. The molecule has 2 aliphatic rings. The number of amides is 3. The maximum atomic E-state index is 12.0. The van der Waals surface area contributed by atoms with Crippen LogP contribution < -0.4 is 10.6 Å². The molecule has 3 amide bonds. The average Bonchev–Trinajstić information content (AvgIpc) is 3.30. The summed E-state index contributed by atoms with van der Waals surface area (Å²) in [5.41, 5.74) is 1.42. The SMILES string of the molecule is O=C(CNCC1CC1)Nc1ccccc1CN1C(=O)CCC1=O. The monoisotopic (exact) mass is 315 g/mol. The molecule has 1 saturated heterocycles. The molecule has 3 rings (SSSR count). The number of rotatable bonds is 7. The van der Waals surface area contributed by atoms with Crippen LogP contribution >= 0.6 is 0 Å². The van der Waals surface area contributed by atoms with Gasteiger partial charge >= 0.3 is 0 Å². The van der Waals surface area contributed by atoms with Gasteiger partial charge in [0.05, 0.1) is 13.1 Å². The molecule has 23 heavy (non-hydrogen) atoms. The molecule has 1 heterocycles. The second-order valence-electron chi connectivity index (χ2n) is 6.15. The number of benzene rings is 1. The van der Waals surface area contributed by atoms with Crippen LogP contribution in [-0.4, -0.2) is 35.7 Å². The normalized spacial score (nSPS) is 17.7. The van der Waals surface area contributed by atoms with Crippen molar-refractivity contribution in [3.05, 3.63) is 29.8 Å². The Morgan fingerprint density at radius 1 is 1.13 bits per heavy atom. The predicted octanol–water partition coefficient (Wildman–Crippen LogP) is 1.27. The van der Waals surface area contributed by atoms with E-state index in [0.717, 1.165) is 18.0 Å². The lowest BCUT2D eigenvalue weighted by molar-refractivity contribution is -0.139. The summed E-state index contributed by atoms with van der Waals surface area (Å²) in [6, 6.07) is 7.27. The molecule has 1 aromatic rings. The first-order chi connectivity index (χ1) is 11.1. The number of para-hydroxylation sites is 1. The van der Waals surface area contributed by atoms with E-state index in [-0.39, 0.29) is 43.7 Å². The van der Waals surface area contributed by atoms with E-state index in [1.54, 1.807) is 6.07 Å². The van der Waals surface area contributed by atoms with Gasteiger partial charge in [0.1, 0.15) is 0 Å². The van der Waals surface area contributed by atoms with Crippen LogP contribution in [0, 0.1) is 5.92 Å². The third kappa shape index (κ3) is 4.16. The molecule has 6 heteroatoms. The Hall–Kier alpha value is -2.21. The topological polar surface area (TPSA) is 78.5 Å². The maximum absolute atomic E-state index is 12.0. The number of likely N-dealkylation sites (tertiary alicyclic amines) is 1. The van der Waals surface area contributed by atoms with Crippen LogP contribution in [0.15, 0.2) is 24.3 Å². The molecule has 2 N–H and O–H groups in total. The third-order valence-corrected chi connectivity index (χ3v) is 4.19. The van der Waals surface area contributed by atoms with Gasteiger partial charge in [-0.15, -0.1) is 0 Å². The van der Waals surface area contributed by atoms with Crippen molar-refractivity contribution < 1.29 is 14.4 Å². The van der Waals surface area contributed by atoms with Crippen molar-refractivity contribution in [2.75, 3.05) is 18.4 Å².